The van der Waals surface area contributed by atoms with Crippen molar-refractivity contribution >= 4 is 23.0 Å². The summed E-state index contributed by atoms with van der Waals surface area (Å²) in [6.07, 6.45) is 2.24. The lowest BCUT2D eigenvalue weighted by Gasteiger charge is -2.19. The highest BCUT2D eigenvalue weighted by Gasteiger charge is 2.33. The van der Waals surface area contributed by atoms with Gasteiger partial charge < -0.3 is 16.8 Å². The number of hydrogen-bond acceptors (Lipinski definition) is 4. The largest absolute Gasteiger partial charge is 0.399 e. The third-order valence-corrected chi connectivity index (χ3v) is 5.32. The Morgan fingerprint density at radius 2 is 1.59 bits per heavy atom. The summed E-state index contributed by atoms with van der Waals surface area (Å²) in [5.41, 5.74) is 16.1. The van der Waals surface area contributed by atoms with Gasteiger partial charge in [-0.05, 0) is 54.7 Å². The summed E-state index contributed by atoms with van der Waals surface area (Å²) < 4.78 is 0. The number of nitrogens with one attached hydrogen (secondary N) is 2. The quantitative estimate of drug-likeness (QED) is 0.379. The van der Waals surface area contributed by atoms with Crippen LogP contribution in [0.2, 0.25) is 0 Å². The maximum Gasteiger partial charge on any atom is 0.251 e. The molecule has 1 aliphatic rings. The molecule has 1 amide bonds. The minimum atomic E-state index is -0.155. The Labute approximate surface area is 170 Å². The highest BCUT2D eigenvalue weighted by molar-refractivity contribution is 6.15. The predicted molar refractivity (Wildman–Crippen MR) is 117 cm³/mol. The molecule has 29 heavy (non-hydrogen) atoms. The molecule has 4 rings (SSSR count). The standard InChI is InChI=1S/C24H24N4O/c25-19-11-8-15(9-12-19)22(27)20-14-18(10-13-21(20)26)24(29)28-23(17-6-7-17)16-4-2-1-3-5-16/h1-5,8-14,17,23,27H,6-7,25-26H2,(H,28,29). The monoisotopic (exact) mass is 384 g/mol. The number of carbonyl (C=O) groups is 1. The summed E-state index contributed by atoms with van der Waals surface area (Å²) in [6.45, 7) is 0. The number of carbonyl (C=O) groups excluding carboxylic acids is 1. The van der Waals surface area contributed by atoms with Crippen molar-refractivity contribution in [3.8, 4) is 0 Å². The van der Waals surface area contributed by atoms with E-state index < -0.39 is 0 Å². The Kier molecular flexibility index (Phi) is 5.04. The third kappa shape index (κ3) is 4.14. The van der Waals surface area contributed by atoms with E-state index >= 15 is 0 Å². The van der Waals surface area contributed by atoms with Gasteiger partial charge in [0.15, 0.2) is 0 Å². The summed E-state index contributed by atoms with van der Waals surface area (Å²) in [6, 6.07) is 22.2. The molecule has 6 N–H and O–H groups in total. The van der Waals surface area contributed by atoms with Crippen LogP contribution < -0.4 is 16.8 Å². The van der Waals surface area contributed by atoms with E-state index in [4.69, 9.17) is 16.9 Å². The molecule has 146 valence electrons. The first-order valence-corrected chi connectivity index (χ1v) is 9.73. The van der Waals surface area contributed by atoms with Gasteiger partial charge in [-0.1, -0.05) is 42.5 Å². The molecule has 1 saturated carbocycles. The number of nitrogens with two attached hydrogens (primary N) is 2. The van der Waals surface area contributed by atoms with Gasteiger partial charge in [-0.25, -0.2) is 0 Å². The molecule has 0 spiro atoms. The van der Waals surface area contributed by atoms with Crippen molar-refractivity contribution < 1.29 is 4.79 Å². The minimum absolute atomic E-state index is 0.00116. The van der Waals surface area contributed by atoms with E-state index in [1.165, 1.54) is 0 Å². The molecular weight excluding hydrogens is 360 g/mol. The highest BCUT2D eigenvalue weighted by Crippen LogP contribution is 2.41. The molecule has 0 aromatic heterocycles. The van der Waals surface area contributed by atoms with E-state index in [1.54, 1.807) is 42.5 Å². The number of amides is 1. The molecule has 0 bridgehead atoms. The lowest BCUT2D eigenvalue weighted by Crippen LogP contribution is -2.30. The Morgan fingerprint density at radius 1 is 0.931 bits per heavy atom. The van der Waals surface area contributed by atoms with E-state index in [2.05, 4.69) is 17.4 Å². The fourth-order valence-corrected chi connectivity index (χ4v) is 3.51. The number of rotatable bonds is 6. The van der Waals surface area contributed by atoms with Gasteiger partial charge in [0.05, 0.1) is 11.8 Å². The van der Waals surface area contributed by atoms with Crippen molar-refractivity contribution in [3.63, 3.8) is 0 Å². The van der Waals surface area contributed by atoms with Gasteiger partial charge in [0.25, 0.3) is 5.91 Å². The van der Waals surface area contributed by atoms with Crippen molar-refractivity contribution in [2.24, 2.45) is 5.92 Å². The molecule has 1 aliphatic carbocycles. The van der Waals surface area contributed by atoms with E-state index in [0.29, 0.717) is 34.0 Å². The van der Waals surface area contributed by atoms with Crippen LogP contribution in [0.5, 0.6) is 0 Å². The lowest BCUT2D eigenvalue weighted by molar-refractivity contribution is 0.0931. The van der Waals surface area contributed by atoms with Crippen LogP contribution in [0.1, 0.15) is 45.9 Å². The molecule has 3 aromatic carbocycles. The van der Waals surface area contributed by atoms with Crippen LogP contribution in [-0.2, 0) is 0 Å². The molecule has 5 nitrogen and oxygen atoms in total. The van der Waals surface area contributed by atoms with Crippen LogP contribution >= 0.6 is 0 Å². The first-order chi connectivity index (χ1) is 14.0. The summed E-state index contributed by atoms with van der Waals surface area (Å²) in [4.78, 5) is 13.0. The van der Waals surface area contributed by atoms with Gasteiger partial charge in [-0.3, -0.25) is 10.2 Å². The van der Waals surface area contributed by atoms with Gasteiger partial charge in [0.1, 0.15) is 0 Å². The highest BCUT2D eigenvalue weighted by atomic mass is 16.1. The first kappa shape index (κ1) is 18.7. The Hall–Kier alpha value is -3.60. The topological polar surface area (TPSA) is 105 Å². The summed E-state index contributed by atoms with van der Waals surface area (Å²) in [5, 5.41) is 11.7. The van der Waals surface area contributed by atoms with Gasteiger partial charge in [0.2, 0.25) is 0 Å². The van der Waals surface area contributed by atoms with Crippen LogP contribution in [0.15, 0.2) is 72.8 Å². The van der Waals surface area contributed by atoms with E-state index in [9.17, 15) is 4.79 Å². The van der Waals surface area contributed by atoms with Crippen molar-refractivity contribution in [2.75, 3.05) is 11.5 Å². The van der Waals surface area contributed by atoms with Crippen LogP contribution in [0.25, 0.3) is 0 Å². The zero-order valence-corrected chi connectivity index (χ0v) is 16.1. The Balaban J connectivity index is 1.58. The average molecular weight is 384 g/mol. The van der Waals surface area contributed by atoms with Crippen molar-refractivity contribution in [1.29, 1.82) is 5.41 Å². The summed E-state index contributed by atoms with van der Waals surface area (Å²) in [5.74, 6) is 0.319. The number of benzene rings is 3. The van der Waals surface area contributed by atoms with E-state index in [1.807, 2.05) is 18.2 Å². The smallest absolute Gasteiger partial charge is 0.251 e. The molecule has 5 heteroatoms. The second-order valence-corrected chi connectivity index (χ2v) is 7.50. The Morgan fingerprint density at radius 3 is 2.24 bits per heavy atom. The summed E-state index contributed by atoms with van der Waals surface area (Å²) in [7, 11) is 0. The zero-order valence-electron chi connectivity index (χ0n) is 16.1. The fourth-order valence-electron chi connectivity index (χ4n) is 3.51. The van der Waals surface area contributed by atoms with Gasteiger partial charge in [-0.15, -0.1) is 0 Å². The predicted octanol–water partition coefficient (Wildman–Crippen LogP) is 4.15. The van der Waals surface area contributed by atoms with Gasteiger partial charge in [-0.2, -0.15) is 0 Å². The molecule has 0 heterocycles. The number of nitrogen functional groups attached to an aromatic ring is 2. The molecule has 1 fully saturated rings. The van der Waals surface area contributed by atoms with Crippen LogP contribution in [0.4, 0.5) is 11.4 Å². The normalized spacial score (nSPS) is 14.2. The molecule has 3 aromatic rings. The average Bonchev–Trinajstić information content (AvgIpc) is 3.58. The zero-order chi connectivity index (χ0) is 20.4. The molecule has 1 unspecified atom stereocenters. The maximum atomic E-state index is 13.0. The van der Waals surface area contributed by atoms with Crippen LogP contribution in [0.3, 0.4) is 0 Å². The molecule has 0 radical (unpaired) electrons. The van der Waals surface area contributed by atoms with E-state index in [-0.39, 0.29) is 17.7 Å². The van der Waals surface area contributed by atoms with Crippen molar-refractivity contribution in [3.05, 3.63) is 95.1 Å². The fraction of sp³-hybridized carbons (Fsp3) is 0.167. The third-order valence-electron chi connectivity index (χ3n) is 5.32. The Bertz CT molecular complexity index is 1040. The second kappa shape index (κ2) is 7.80. The van der Waals surface area contributed by atoms with Crippen molar-refractivity contribution in [2.45, 2.75) is 18.9 Å². The molecular formula is C24H24N4O. The second-order valence-electron chi connectivity index (χ2n) is 7.50. The maximum absolute atomic E-state index is 13.0. The number of hydrogen-bond donors (Lipinski definition) is 4. The number of anilines is 2. The summed E-state index contributed by atoms with van der Waals surface area (Å²) >= 11 is 0. The molecule has 1 atom stereocenters. The SMILES string of the molecule is N=C(c1ccc(N)cc1)c1cc(C(=O)NC(c2ccccc2)C2CC2)ccc1N. The van der Waals surface area contributed by atoms with Gasteiger partial charge >= 0.3 is 0 Å². The molecule has 0 saturated heterocycles. The van der Waals surface area contributed by atoms with Crippen LogP contribution in [0, 0.1) is 11.3 Å². The minimum Gasteiger partial charge on any atom is -0.399 e. The van der Waals surface area contributed by atoms with E-state index in [0.717, 1.165) is 18.4 Å². The van der Waals surface area contributed by atoms with Crippen molar-refractivity contribution in [1.82, 2.24) is 5.32 Å². The lowest BCUT2D eigenvalue weighted by atomic mass is 9.97. The van der Waals surface area contributed by atoms with Gasteiger partial charge in [0, 0.05) is 28.1 Å². The van der Waals surface area contributed by atoms with Crippen LogP contribution in [-0.4, -0.2) is 11.6 Å². The molecule has 0 aliphatic heterocycles. The first-order valence-electron chi connectivity index (χ1n) is 9.73.